The van der Waals surface area contributed by atoms with Gasteiger partial charge in [-0.25, -0.2) is 0 Å². The zero-order valence-electron chi connectivity index (χ0n) is 9.61. The van der Waals surface area contributed by atoms with Gasteiger partial charge in [0.25, 0.3) is 0 Å². The molecule has 0 heterocycles. The van der Waals surface area contributed by atoms with E-state index in [0.29, 0.717) is 0 Å². The fraction of sp³-hybridized carbons (Fsp3) is 0.818. The predicted octanol–water partition coefficient (Wildman–Crippen LogP) is 0.483. The van der Waals surface area contributed by atoms with E-state index in [2.05, 4.69) is 5.32 Å². The first-order valence-corrected chi connectivity index (χ1v) is 5.73. The molecule has 0 aliphatic heterocycles. The molecule has 5 nitrogen and oxygen atoms in total. The molecule has 0 aromatic heterocycles. The van der Waals surface area contributed by atoms with Gasteiger partial charge in [0, 0.05) is 19.0 Å². The quantitative estimate of drug-likeness (QED) is 0.652. The highest BCUT2D eigenvalue weighted by Crippen LogP contribution is 2.27. The number of carboxylic acids is 1. The summed E-state index contributed by atoms with van der Waals surface area (Å²) in [5, 5.41) is 11.5. The van der Waals surface area contributed by atoms with Crippen molar-refractivity contribution < 1.29 is 14.7 Å². The van der Waals surface area contributed by atoms with Crippen LogP contribution in [0.25, 0.3) is 0 Å². The van der Waals surface area contributed by atoms with Gasteiger partial charge in [-0.2, -0.15) is 0 Å². The molecule has 0 spiro atoms. The third kappa shape index (κ3) is 4.18. The summed E-state index contributed by atoms with van der Waals surface area (Å²) < 4.78 is 0. The minimum Gasteiger partial charge on any atom is -0.481 e. The first-order valence-electron chi connectivity index (χ1n) is 5.73. The van der Waals surface area contributed by atoms with E-state index in [1.165, 1.54) is 6.92 Å². The molecule has 1 saturated carbocycles. The summed E-state index contributed by atoms with van der Waals surface area (Å²) in [7, 11) is 0. The van der Waals surface area contributed by atoms with Crippen molar-refractivity contribution in [3.8, 4) is 0 Å². The van der Waals surface area contributed by atoms with E-state index >= 15 is 0 Å². The number of nitrogens with one attached hydrogen (secondary N) is 1. The first-order chi connectivity index (χ1) is 7.49. The standard InChI is InChI=1S/C11H20N2O3/c1-7(14)13-9-4-2-8(3-5-9)10(12)6-11(15)16/h8-10H,2-6,12H2,1H3,(H,13,14)(H,15,16). The Morgan fingerprint density at radius 2 is 1.94 bits per heavy atom. The Bertz CT molecular complexity index is 260. The maximum Gasteiger partial charge on any atom is 0.304 e. The van der Waals surface area contributed by atoms with Crippen LogP contribution in [0.3, 0.4) is 0 Å². The lowest BCUT2D eigenvalue weighted by atomic mass is 9.81. The second kappa shape index (κ2) is 5.84. The molecule has 5 heteroatoms. The highest BCUT2D eigenvalue weighted by Gasteiger charge is 2.26. The summed E-state index contributed by atoms with van der Waals surface area (Å²) in [6, 6.07) is -0.0124. The van der Waals surface area contributed by atoms with E-state index in [1.54, 1.807) is 0 Å². The van der Waals surface area contributed by atoms with Crippen molar-refractivity contribution in [2.45, 2.75) is 51.1 Å². The number of rotatable bonds is 4. The second-order valence-corrected chi connectivity index (χ2v) is 4.57. The predicted molar refractivity (Wildman–Crippen MR) is 59.8 cm³/mol. The number of aliphatic carboxylic acids is 1. The Morgan fingerprint density at radius 3 is 2.38 bits per heavy atom. The van der Waals surface area contributed by atoms with Crippen LogP contribution in [0.5, 0.6) is 0 Å². The highest BCUT2D eigenvalue weighted by atomic mass is 16.4. The number of nitrogens with two attached hydrogens (primary N) is 1. The summed E-state index contributed by atoms with van der Waals surface area (Å²) in [6.07, 6.45) is 3.64. The Morgan fingerprint density at radius 1 is 1.38 bits per heavy atom. The highest BCUT2D eigenvalue weighted by molar-refractivity contribution is 5.73. The first kappa shape index (κ1) is 13.0. The molecule has 0 bridgehead atoms. The molecule has 1 amide bonds. The normalized spacial score (nSPS) is 27.1. The van der Waals surface area contributed by atoms with Crippen LogP contribution in [0.4, 0.5) is 0 Å². The molecule has 1 rings (SSSR count). The van der Waals surface area contributed by atoms with Gasteiger partial charge in [0.2, 0.25) is 5.91 Å². The topological polar surface area (TPSA) is 92.4 Å². The maximum atomic E-state index is 10.9. The molecule has 1 aliphatic carbocycles. The molecule has 92 valence electrons. The Kier molecular flexibility index (Phi) is 4.73. The van der Waals surface area contributed by atoms with E-state index in [9.17, 15) is 9.59 Å². The van der Waals surface area contributed by atoms with Gasteiger partial charge in [-0.1, -0.05) is 0 Å². The zero-order chi connectivity index (χ0) is 12.1. The number of hydrogen-bond acceptors (Lipinski definition) is 3. The van der Waals surface area contributed by atoms with E-state index in [0.717, 1.165) is 25.7 Å². The molecule has 0 aromatic carbocycles. The fourth-order valence-electron chi connectivity index (χ4n) is 2.35. The summed E-state index contributed by atoms with van der Waals surface area (Å²) in [5.41, 5.74) is 5.83. The maximum absolute atomic E-state index is 10.9. The van der Waals surface area contributed by atoms with Crippen LogP contribution >= 0.6 is 0 Å². The Labute approximate surface area is 95.4 Å². The largest absolute Gasteiger partial charge is 0.481 e. The Balaban J connectivity index is 2.31. The minimum absolute atomic E-state index is 0.00159. The lowest BCUT2D eigenvalue weighted by Crippen LogP contribution is -2.41. The summed E-state index contributed by atoms with van der Waals surface area (Å²) >= 11 is 0. The van der Waals surface area contributed by atoms with Gasteiger partial charge in [0.15, 0.2) is 0 Å². The summed E-state index contributed by atoms with van der Waals surface area (Å²) in [4.78, 5) is 21.4. The number of carbonyl (C=O) groups is 2. The van der Waals surface area contributed by atoms with Gasteiger partial charge in [-0.3, -0.25) is 9.59 Å². The van der Waals surface area contributed by atoms with Crippen molar-refractivity contribution in [1.29, 1.82) is 0 Å². The molecule has 0 aromatic rings. The van der Waals surface area contributed by atoms with Crippen LogP contribution in [-0.2, 0) is 9.59 Å². The van der Waals surface area contributed by atoms with Crippen LogP contribution in [0.15, 0.2) is 0 Å². The third-order valence-corrected chi connectivity index (χ3v) is 3.20. The lowest BCUT2D eigenvalue weighted by molar-refractivity contribution is -0.137. The van der Waals surface area contributed by atoms with Crippen molar-refractivity contribution >= 4 is 11.9 Å². The third-order valence-electron chi connectivity index (χ3n) is 3.20. The van der Waals surface area contributed by atoms with Gasteiger partial charge in [-0.05, 0) is 31.6 Å². The number of carbonyl (C=O) groups excluding carboxylic acids is 1. The molecule has 0 saturated heterocycles. The van der Waals surface area contributed by atoms with Crippen LogP contribution in [0.1, 0.15) is 39.0 Å². The average molecular weight is 228 g/mol. The van der Waals surface area contributed by atoms with E-state index in [4.69, 9.17) is 10.8 Å². The van der Waals surface area contributed by atoms with Crippen molar-refractivity contribution in [2.24, 2.45) is 11.7 Å². The van der Waals surface area contributed by atoms with Gasteiger partial charge < -0.3 is 16.2 Å². The average Bonchev–Trinajstić information content (AvgIpc) is 2.16. The monoisotopic (exact) mass is 228 g/mol. The number of carboxylic acid groups (broad SMARTS) is 1. The van der Waals surface area contributed by atoms with E-state index < -0.39 is 5.97 Å². The van der Waals surface area contributed by atoms with Crippen LogP contribution < -0.4 is 11.1 Å². The second-order valence-electron chi connectivity index (χ2n) is 4.57. The van der Waals surface area contributed by atoms with Crippen LogP contribution in [-0.4, -0.2) is 29.1 Å². The van der Waals surface area contributed by atoms with Crippen molar-refractivity contribution in [1.82, 2.24) is 5.32 Å². The van der Waals surface area contributed by atoms with Gasteiger partial charge >= 0.3 is 5.97 Å². The van der Waals surface area contributed by atoms with Crippen molar-refractivity contribution in [3.05, 3.63) is 0 Å². The molecule has 4 N–H and O–H groups in total. The summed E-state index contributed by atoms with van der Waals surface area (Å²) in [6.45, 7) is 1.52. The number of hydrogen-bond donors (Lipinski definition) is 3. The molecule has 1 aliphatic rings. The summed E-state index contributed by atoms with van der Waals surface area (Å²) in [5.74, 6) is -0.559. The molecule has 0 radical (unpaired) electrons. The number of amides is 1. The molecule has 16 heavy (non-hydrogen) atoms. The SMILES string of the molecule is CC(=O)NC1CCC(C(N)CC(=O)O)CC1. The molecule has 1 atom stereocenters. The Hall–Kier alpha value is -1.10. The molecule has 1 fully saturated rings. The molecule has 1 unspecified atom stereocenters. The lowest BCUT2D eigenvalue weighted by Gasteiger charge is -2.31. The molecular weight excluding hydrogens is 208 g/mol. The molecular formula is C11H20N2O3. The van der Waals surface area contributed by atoms with Gasteiger partial charge in [-0.15, -0.1) is 0 Å². The van der Waals surface area contributed by atoms with Crippen LogP contribution in [0.2, 0.25) is 0 Å². The minimum atomic E-state index is -0.837. The van der Waals surface area contributed by atoms with Gasteiger partial charge in [0.1, 0.15) is 0 Å². The van der Waals surface area contributed by atoms with Crippen molar-refractivity contribution in [2.75, 3.05) is 0 Å². The van der Waals surface area contributed by atoms with Gasteiger partial charge in [0.05, 0.1) is 6.42 Å². The van der Waals surface area contributed by atoms with Crippen molar-refractivity contribution in [3.63, 3.8) is 0 Å². The fourth-order valence-corrected chi connectivity index (χ4v) is 2.35. The van der Waals surface area contributed by atoms with E-state index in [-0.39, 0.29) is 30.3 Å². The van der Waals surface area contributed by atoms with E-state index in [1.807, 2.05) is 0 Å². The zero-order valence-corrected chi connectivity index (χ0v) is 9.61. The van der Waals surface area contributed by atoms with Crippen LogP contribution in [0, 0.1) is 5.92 Å². The smallest absolute Gasteiger partial charge is 0.304 e.